The van der Waals surface area contributed by atoms with Crippen LogP contribution >= 0.6 is 0 Å². The molecule has 0 radical (unpaired) electrons. The summed E-state index contributed by atoms with van der Waals surface area (Å²) in [4.78, 5) is 32.9. The molecule has 1 aliphatic heterocycles. The number of aliphatic hydroxyl groups is 1. The minimum Gasteiger partial charge on any atom is -0.386 e. The Morgan fingerprint density at radius 2 is 2.00 bits per heavy atom. The molecule has 6 rings (SSSR count). The number of nitrogens with zero attached hydrogens (tertiary/aromatic N) is 4. The molecule has 0 unspecified atom stereocenters. The van der Waals surface area contributed by atoms with Crippen molar-refractivity contribution in [3.63, 3.8) is 0 Å². The van der Waals surface area contributed by atoms with Crippen molar-refractivity contribution in [2.75, 3.05) is 5.73 Å². The van der Waals surface area contributed by atoms with Gasteiger partial charge in [-0.15, -0.1) is 5.10 Å². The van der Waals surface area contributed by atoms with Crippen molar-refractivity contribution in [3.05, 3.63) is 46.6 Å². The maximum atomic E-state index is 13.4. The molecule has 3 heterocycles. The summed E-state index contributed by atoms with van der Waals surface area (Å²) in [6.07, 6.45) is 5.96. The van der Waals surface area contributed by atoms with E-state index in [0.29, 0.717) is 34.9 Å². The molecule has 182 valence electrons. The van der Waals surface area contributed by atoms with Gasteiger partial charge in [-0.05, 0) is 81.7 Å². The van der Waals surface area contributed by atoms with Crippen molar-refractivity contribution in [2.24, 2.45) is 5.92 Å². The number of anilines is 1. The van der Waals surface area contributed by atoms with E-state index in [9.17, 15) is 14.7 Å². The Kier molecular flexibility index (Phi) is 4.73. The monoisotopic (exact) mass is 474 g/mol. The van der Waals surface area contributed by atoms with Gasteiger partial charge in [0.25, 0.3) is 11.8 Å². The molecule has 1 atom stereocenters. The minimum absolute atomic E-state index is 0.0194. The second-order valence-corrected chi connectivity index (χ2v) is 10.7. The highest BCUT2D eigenvalue weighted by Gasteiger charge is 2.41. The van der Waals surface area contributed by atoms with Gasteiger partial charge in [0, 0.05) is 30.4 Å². The molecule has 3 aliphatic rings. The standard InChI is InChI=1S/C26H30N6O3/c1-13(14-4-5-14)31-12-16-10-15(11-18(26(2,3)35)20(16)25(31)34)19-8-9-32-23(29-19)21(22(27)30-32)24(33)28-17-6-7-17/h8-11,13-14,17,35H,4-7,12H2,1-3H3,(H2,27,30)(H,28,33)/t13-/m0/s1. The average Bonchev–Trinajstić information content (AvgIpc) is 3.72. The van der Waals surface area contributed by atoms with Crippen molar-refractivity contribution in [1.29, 1.82) is 0 Å². The molecule has 0 saturated heterocycles. The predicted molar refractivity (Wildman–Crippen MR) is 131 cm³/mol. The summed E-state index contributed by atoms with van der Waals surface area (Å²) in [7, 11) is 0. The number of fused-ring (bicyclic) bond motifs is 2. The fourth-order valence-electron chi connectivity index (χ4n) is 5.08. The molecule has 9 heteroatoms. The summed E-state index contributed by atoms with van der Waals surface area (Å²) in [5.74, 6) is 0.393. The number of carbonyl (C=O) groups is 2. The summed E-state index contributed by atoms with van der Waals surface area (Å²) in [5, 5.41) is 18.2. The number of carbonyl (C=O) groups excluding carboxylic acids is 2. The molecule has 2 amide bonds. The lowest BCUT2D eigenvalue weighted by molar-refractivity contribution is 0.0648. The van der Waals surface area contributed by atoms with Gasteiger partial charge in [0.2, 0.25) is 0 Å². The van der Waals surface area contributed by atoms with E-state index in [1.807, 2.05) is 17.0 Å². The molecule has 2 fully saturated rings. The molecule has 2 aliphatic carbocycles. The van der Waals surface area contributed by atoms with E-state index in [-0.39, 0.29) is 35.3 Å². The molecule has 0 bridgehead atoms. The molecule has 35 heavy (non-hydrogen) atoms. The number of hydrogen-bond acceptors (Lipinski definition) is 6. The number of nitrogen functional groups attached to an aromatic ring is 1. The quantitative estimate of drug-likeness (QED) is 0.504. The lowest BCUT2D eigenvalue weighted by Gasteiger charge is -2.25. The maximum absolute atomic E-state index is 13.4. The van der Waals surface area contributed by atoms with E-state index < -0.39 is 5.60 Å². The second kappa shape index (κ2) is 7.52. The zero-order valence-corrected chi connectivity index (χ0v) is 20.2. The van der Waals surface area contributed by atoms with E-state index >= 15 is 0 Å². The number of benzene rings is 1. The molecule has 9 nitrogen and oxygen atoms in total. The third-order valence-electron chi connectivity index (χ3n) is 7.44. The number of hydrogen-bond donors (Lipinski definition) is 3. The van der Waals surface area contributed by atoms with Gasteiger partial charge in [-0.1, -0.05) is 0 Å². The first-order chi connectivity index (χ1) is 16.6. The highest BCUT2D eigenvalue weighted by Crippen LogP contribution is 2.41. The lowest BCUT2D eigenvalue weighted by atomic mass is 9.88. The summed E-state index contributed by atoms with van der Waals surface area (Å²) in [5.41, 5.74) is 8.95. The summed E-state index contributed by atoms with van der Waals surface area (Å²) in [6.45, 7) is 6.02. The second-order valence-electron chi connectivity index (χ2n) is 10.7. The summed E-state index contributed by atoms with van der Waals surface area (Å²) >= 11 is 0. The summed E-state index contributed by atoms with van der Waals surface area (Å²) < 4.78 is 1.51. The fraction of sp³-hybridized carbons (Fsp3) is 0.462. The predicted octanol–water partition coefficient (Wildman–Crippen LogP) is 2.85. The van der Waals surface area contributed by atoms with Crippen LogP contribution in [0.4, 0.5) is 5.82 Å². The van der Waals surface area contributed by atoms with E-state index in [1.54, 1.807) is 26.1 Å². The van der Waals surface area contributed by atoms with Gasteiger partial charge in [-0.3, -0.25) is 9.59 Å². The van der Waals surface area contributed by atoms with Crippen LogP contribution in [-0.2, 0) is 12.1 Å². The van der Waals surface area contributed by atoms with Crippen LogP contribution in [-0.4, -0.2) is 48.5 Å². The van der Waals surface area contributed by atoms with Gasteiger partial charge in [-0.25, -0.2) is 9.50 Å². The highest BCUT2D eigenvalue weighted by atomic mass is 16.3. The van der Waals surface area contributed by atoms with E-state index in [0.717, 1.165) is 36.8 Å². The van der Waals surface area contributed by atoms with Gasteiger partial charge in [0.05, 0.1) is 16.9 Å². The molecular formula is C26H30N6O3. The first kappa shape index (κ1) is 22.0. The Balaban J connectivity index is 1.44. The van der Waals surface area contributed by atoms with Crippen LogP contribution in [0.25, 0.3) is 16.9 Å². The Morgan fingerprint density at radius 1 is 1.26 bits per heavy atom. The van der Waals surface area contributed by atoms with Gasteiger partial charge >= 0.3 is 0 Å². The van der Waals surface area contributed by atoms with Crippen LogP contribution in [0, 0.1) is 5.92 Å². The number of aromatic nitrogens is 3. The number of rotatable bonds is 6. The molecule has 4 N–H and O–H groups in total. The van der Waals surface area contributed by atoms with E-state index in [2.05, 4.69) is 17.3 Å². The largest absolute Gasteiger partial charge is 0.386 e. The van der Waals surface area contributed by atoms with Crippen molar-refractivity contribution < 1.29 is 14.7 Å². The first-order valence-corrected chi connectivity index (χ1v) is 12.3. The van der Waals surface area contributed by atoms with Crippen LogP contribution < -0.4 is 11.1 Å². The third kappa shape index (κ3) is 3.74. The number of nitrogens with one attached hydrogen (secondary N) is 1. The zero-order valence-electron chi connectivity index (χ0n) is 20.2. The Bertz CT molecular complexity index is 1380. The van der Waals surface area contributed by atoms with E-state index in [1.165, 1.54) is 4.52 Å². The van der Waals surface area contributed by atoms with E-state index in [4.69, 9.17) is 10.7 Å². The van der Waals surface area contributed by atoms with Crippen molar-refractivity contribution in [3.8, 4) is 11.3 Å². The van der Waals surface area contributed by atoms with Crippen molar-refractivity contribution >= 4 is 23.3 Å². The van der Waals surface area contributed by atoms with Crippen LogP contribution in [0.2, 0.25) is 0 Å². The van der Waals surface area contributed by atoms with Gasteiger partial charge < -0.3 is 21.1 Å². The topological polar surface area (TPSA) is 126 Å². The Hall–Kier alpha value is -3.46. The fourth-order valence-corrected chi connectivity index (χ4v) is 5.08. The van der Waals surface area contributed by atoms with Gasteiger partial charge in [0.15, 0.2) is 11.5 Å². The zero-order chi connectivity index (χ0) is 24.6. The average molecular weight is 475 g/mol. The normalized spacial score (nSPS) is 18.7. The van der Waals surface area contributed by atoms with Crippen LogP contribution in [0.1, 0.15) is 78.3 Å². The number of amides is 2. The van der Waals surface area contributed by atoms with Crippen LogP contribution in [0.15, 0.2) is 24.4 Å². The van der Waals surface area contributed by atoms with Crippen molar-refractivity contribution in [2.45, 2.75) is 70.7 Å². The van der Waals surface area contributed by atoms with Crippen molar-refractivity contribution in [1.82, 2.24) is 24.8 Å². The Labute approximate surface area is 203 Å². The van der Waals surface area contributed by atoms with Crippen LogP contribution in [0.5, 0.6) is 0 Å². The smallest absolute Gasteiger partial charge is 0.259 e. The molecule has 0 spiro atoms. The van der Waals surface area contributed by atoms with Gasteiger partial charge in [-0.2, -0.15) is 0 Å². The lowest BCUT2D eigenvalue weighted by Crippen LogP contribution is -2.35. The number of nitrogens with two attached hydrogens (primary N) is 1. The van der Waals surface area contributed by atoms with Gasteiger partial charge in [0.1, 0.15) is 5.56 Å². The minimum atomic E-state index is -1.21. The van der Waals surface area contributed by atoms with Crippen LogP contribution in [0.3, 0.4) is 0 Å². The Morgan fingerprint density at radius 3 is 2.66 bits per heavy atom. The molecule has 2 aromatic heterocycles. The molecular weight excluding hydrogens is 444 g/mol. The molecule has 1 aromatic carbocycles. The highest BCUT2D eigenvalue weighted by molar-refractivity contribution is 6.04. The molecule has 3 aromatic rings. The molecule has 2 saturated carbocycles. The SMILES string of the molecule is C[C@@H](C1CC1)N1Cc2cc(-c3ccn4nc(N)c(C(=O)NC5CC5)c4n3)cc(C(C)(C)O)c2C1=O. The third-order valence-corrected chi connectivity index (χ3v) is 7.44. The first-order valence-electron chi connectivity index (χ1n) is 12.3. The maximum Gasteiger partial charge on any atom is 0.259 e. The summed E-state index contributed by atoms with van der Waals surface area (Å²) in [6, 6.07) is 5.98.